The van der Waals surface area contributed by atoms with Gasteiger partial charge in [-0.3, -0.25) is 4.79 Å². The molecule has 1 fully saturated rings. The van der Waals surface area contributed by atoms with Gasteiger partial charge in [0.2, 0.25) is 0 Å². The third-order valence-electron chi connectivity index (χ3n) is 3.77. The summed E-state index contributed by atoms with van der Waals surface area (Å²) in [5.74, 6) is -0.0616. The van der Waals surface area contributed by atoms with E-state index in [1.807, 2.05) is 39.0 Å². The minimum atomic E-state index is -0.500. The molecule has 0 bridgehead atoms. The number of alkyl carbamates (subject to hydrolysis) is 1. The average molecular weight is 318 g/mol. The van der Waals surface area contributed by atoms with Crippen molar-refractivity contribution in [3.63, 3.8) is 0 Å². The summed E-state index contributed by atoms with van der Waals surface area (Å²) in [4.78, 5) is 24.1. The molecule has 1 aliphatic carbocycles. The van der Waals surface area contributed by atoms with Crippen molar-refractivity contribution in [2.45, 2.75) is 64.1 Å². The molecule has 0 unspecified atom stereocenters. The first kappa shape index (κ1) is 17.3. The second-order valence-electron chi connectivity index (χ2n) is 7.05. The maximum atomic E-state index is 12.2. The predicted octanol–water partition coefficient (Wildman–Crippen LogP) is 3.25. The highest BCUT2D eigenvalue weighted by atomic mass is 16.6. The molecule has 0 aromatic heterocycles. The fourth-order valence-electron chi connectivity index (χ4n) is 2.78. The van der Waals surface area contributed by atoms with Gasteiger partial charge in [-0.05, 0) is 58.6 Å². The van der Waals surface area contributed by atoms with E-state index in [1.165, 1.54) is 0 Å². The molecule has 2 amide bonds. The van der Waals surface area contributed by atoms with Gasteiger partial charge in [-0.15, -0.1) is 0 Å². The Labute approximate surface area is 137 Å². The average Bonchev–Trinajstić information content (AvgIpc) is 2.46. The monoisotopic (exact) mass is 318 g/mol. The van der Waals surface area contributed by atoms with Crippen molar-refractivity contribution in [1.29, 1.82) is 0 Å². The first-order valence-corrected chi connectivity index (χ1v) is 8.19. The number of hydrogen-bond acceptors (Lipinski definition) is 3. The maximum Gasteiger partial charge on any atom is 0.407 e. The van der Waals surface area contributed by atoms with E-state index >= 15 is 0 Å². The van der Waals surface area contributed by atoms with Crippen LogP contribution in [0, 0.1) is 0 Å². The zero-order valence-electron chi connectivity index (χ0n) is 14.1. The Kier molecular flexibility index (Phi) is 5.64. The molecular formula is C18H26N2O3. The summed E-state index contributed by atoms with van der Waals surface area (Å²) >= 11 is 0. The number of carbonyl (C=O) groups is 2. The summed E-state index contributed by atoms with van der Waals surface area (Å²) in [6.45, 7) is 5.53. The van der Waals surface area contributed by atoms with E-state index < -0.39 is 11.7 Å². The standard InChI is InChI=1S/C18H26N2O3/c1-18(2,3)23-17(22)20-15-11-7-10-14(12-15)19-16(21)13-8-5-4-6-9-13/h4-6,8-9,14-15H,7,10-12H2,1-3H3,(H,19,21)(H,20,22)/t14-,15+/m1/s1. The van der Waals surface area contributed by atoms with Crippen LogP contribution in [0.3, 0.4) is 0 Å². The third-order valence-corrected chi connectivity index (χ3v) is 3.77. The van der Waals surface area contributed by atoms with Crippen LogP contribution >= 0.6 is 0 Å². The molecule has 2 rings (SSSR count). The fourth-order valence-corrected chi connectivity index (χ4v) is 2.78. The molecule has 2 atom stereocenters. The number of hydrogen-bond donors (Lipinski definition) is 2. The number of nitrogens with one attached hydrogen (secondary N) is 2. The summed E-state index contributed by atoms with van der Waals surface area (Å²) in [6.07, 6.45) is 3.16. The molecule has 2 N–H and O–H groups in total. The lowest BCUT2D eigenvalue weighted by atomic mass is 9.91. The lowest BCUT2D eigenvalue weighted by Gasteiger charge is -2.31. The van der Waals surface area contributed by atoms with Crippen molar-refractivity contribution >= 4 is 12.0 Å². The Morgan fingerprint density at radius 2 is 1.65 bits per heavy atom. The molecule has 0 aliphatic heterocycles. The number of amides is 2. The van der Waals surface area contributed by atoms with Crippen LogP contribution in [0.15, 0.2) is 30.3 Å². The number of rotatable bonds is 3. The lowest BCUT2D eigenvalue weighted by molar-refractivity contribution is 0.0489. The highest BCUT2D eigenvalue weighted by molar-refractivity contribution is 5.94. The smallest absolute Gasteiger partial charge is 0.407 e. The van der Waals surface area contributed by atoms with Gasteiger partial charge in [-0.1, -0.05) is 18.2 Å². The number of ether oxygens (including phenoxy) is 1. The SMILES string of the molecule is CC(C)(C)OC(=O)N[C@H]1CCC[C@@H](NC(=O)c2ccccc2)C1. The van der Waals surface area contributed by atoms with Crippen molar-refractivity contribution < 1.29 is 14.3 Å². The van der Waals surface area contributed by atoms with Gasteiger partial charge >= 0.3 is 6.09 Å². The Balaban J connectivity index is 1.84. The van der Waals surface area contributed by atoms with Gasteiger partial charge in [0.1, 0.15) is 5.60 Å². The summed E-state index contributed by atoms with van der Waals surface area (Å²) in [5.41, 5.74) is 0.161. The molecule has 23 heavy (non-hydrogen) atoms. The van der Waals surface area contributed by atoms with Gasteiger partial charge in [0.05, 0.1) is 0 Å². The van der Waals surface area contributed by atoms with Crippen LogP contribution in [0.4, 0.5) is 4.79 Å². The summed E-state index contributed by atoms with van der Waals surface area (Å²) in [5, 5.41) is 5.96. The third kappa shape index (κ3) is 5.93. The molecule has 5 heteroatoms. The van der Waals surface area contributed by atoms with E-state index in [0.29, 0.717) is 5.56 Å². The zero-order valence-corrected chi connectivity index (χ0v) is 14.1. The summed E-state index contributed by atoms with van der Waals surface area (Å²) in [6, 6.07) is 9.31. The maximum absolute atomic E-state index is 12.2. The van der Waals surface area contributed by atoms with E-state index in [4.69, 9.17) is 4.74 Å². The number of carbonyl (C=O) groups excluding carboxylic acids is 2. The second kappa shape index (κ2) is 7.49. The van der Waals surface area contributed by atoms with E-state index in [1.54, 1.807) is 12.1 Å². The van der Waals surface area contributed by atoms with Crippen LogP contribution in [-0.4, -0.2) is 29.7 Å². The second-order valence-corrected chi connectivity index (χ2v) is 7.05. The molecule has 126 valence electrons. The van der Waals surface area contributed by atoms with Crippen LogP contribution < -0.4 is 10.6 Å². The Bertz CT molecular complexity index is 537. The molecule has 0 heterocycles. The van der Waals surface area contributed by atoms with Gasteiger partial charge in [-0.25, -0.2) is 4.79 Å². The van der Waals surface area contributed by atoms with Gasteiger partial charge < -0.3 is 15.4 Å². The van der Waals surface area contributed by atoms with Crippen LogP contribution in [0.2, 0.25) is 0 Å². The van der Waals surface area contributed by atoms with Crippen LogP contribution in [-0.2, 0) is 4.74 Å². The van der Waals surface area contributed by atoms with Gasteiger partial charge in [0.15, 0.2) is 0 Å². The van der Waals surface area contributed by atoms with Crippen LogP contribution in [0.1, 0.15) is 56.8 Å². The molecule has 0 radical (unpaired) electrons. The first-order chi connectivity index (χ1) is 10.8. The van der Waals surface area contributed by atoms with E-state index in [2.05, 4.69) is 10.6 Å². The van der Waals surface area contributed by atoms with Gasteiger partial charge in [-0.2, -0.15) is 0 Å². The molecule has 1 aliphatic rings. The van der Waals surface area contributed by atoms with E-state index in [0.717, 1.165) is 25.7 Å². The highest BCUT2D eigenvalue weighted by Crippen LogP contribution is 2.20. The number of benzene rings is 1. The van der Waals surface area contributed by atoms with Crippen molar-refractivity contribution in [3.05, 3.63) is 35.9 Å². The quantitative estimate of drug-likeness (QED) is 0.899. The first-order valence-electron chi connectivity index (χ1n) is 8.19. The molecular weight excluding hydrogens is 292 g/mol. The molecule has 1 saturated carbocycles. The van der Waals surface area contributed by atoms with Crippen molar-refractivity contribution in [3.8, 4) is 0 Å². The Morgan fingerprint density at radius 1 is 1.04 bits per heavy atom. The Hall–Kier alpha value is -2.04. The fraction of sp³-hybridized carbons (Fsp3) is 0.556. The highest BCUT2D eigenvalue weighted by Gasteiger charge is 2.26. The lowest BCUT2D eigenvalue weighted by Crippen LogP contribution is -2.46. The molecule has 1 aromatic carbocycles. The van der Waals surface area contributed by atoms with Gasteiger partial charge in [0, 0.05) is 17.6 Å². The van der Waals surface area contributed by atoms with Crippen molar-refractivity contribution in [2.75, 3.05) is 0 Å². The van der Waals surface area contributed by atoms with Crippen LogP contribution in [0.5, 0.6) is 0 Å². The van der Waals surface area contributed by atoms with E-state index in [9.17, 15) is 9.59 Å². The largest absolute Gasteiger partial charge is 0.444 e. The van der Waals surface area contributed by atoms with Crippen molar-refractivity contribution in [1.82, 2.24) is 10.6 Å². The molecule has 0 spiro atoms. The normalized spacial score (nSPS) is 21.3. The van der Waals surface area contributed by atoms with Crippen LogP contribution in [0.25, 0.3) is 0 Å². The molecule has 0 saturated heterocycles. The topological polar surface area (TPSA) is 67.4 Å². The minimum Gasteiger partial charge on any atom is -0.444 e. The van der Waals surface area contributed by atoms with Crippen molar-refractivity contribution in [2.24, 2.45) is 0 Å². The zero-order chi connectivity index (χ0) is 16.9. The summed E-state index contributed by atoms with van der Waals surface area (Å²) < 4.78 is 5.29. The predicted molar refractivity (Wildman–Crippen MR) is 89.3 cm³/mol. The van der Waals surface area contributed by atoms with Gasteiger partial charge in [0.25, 0.3) is 5.91 Å². The summed E-state index contributed by atoms with van der Waals surface area (Å²) in [7, 11) is 0. The Morgan fingerprint density at radius 3 is 2.26 bits per heavy atom. The molecule has 1 aromatic rings. The van der Waals surface area contributed by atoms with E-state index in [-0.39, 0.29) is 18.0 Å². The molecule has 5 nitrogen and oxygen atoms in total. The minimum absolute atomic E-state index is 0.0414.